The summed E-state index contributed by atoms with van der Waals surface area (Å²) < 4.78 is 7.25. The van der Waals surface area contributed by atoms with Crippen molar-refractivity contribution in [1.29, 1.82) is 0 Å². The van der Waals surface area contributed by atoms with Crippen molar-refractivity contribution in [3.05, 3.63) is 90.0 Å². The number of aromatic hydroxyl groups is 1. The first-order valence-corrected chi connectivity index (χ1v) is 10.1. The number of rotatable bonds is 7. The molecule has 0 bridgehead atoms. The minimum absolute atomic E-state index is 0.00636. The van der Waals surface area contributed by atoms with Gasteiger partial charge >= 0.3 is 5.91 Å². The van der Waals surface area contributed by atoms with E-state index in [9.17, 15) is 9.90 Å². The first-order chi connectivity index (χ1) is 15.1. The van der Waals surface area contributed by atoms with E-state index in [-0.39, 0.29) is 18.2 Å². The molecule has 0 radical (unpaired) electrons. The molecule has 1 amide bonds. The fourth-order valence-corrected chi connectivity index (χ4v) is 3.40. The van der Waals surface area contributed by atoms with Gasteiger partial charge in [-0.05, 0) is 37.1 Å². The highest BCUT2D eigenvalue weighted by Crippen LogP contribution is 2.38. The third kappa shape index (κ3) is 4.80. The normalized spacial score (nSPS) is 11.3. The Bertz CT molecular complexity index is 1210. The number of amides is 1. The van der Waals surface area contributed by atoms with Gasteiger partial charge in [0.2, 0.25) is 5.88 Å². The van der Waals surface area contributed by atoms with Crippen LogP contribution in [-0.4, -0.2) is 22.2 Å². The Labute approximate surface area is 180 Å². The number of fused-ring (bicyclic) bond motifs is 1. The van der Waals surface area contributed by atoms with Gasteiger partial charge in [-0.25, -0.2) is 0 Å². The standard InChI is InChI=1S/C25H23N3O3/c1-18-11-13-20(14-12-18)31-17-23(29)26-27-24-21-9-5-6-10-22(21)28(25(24)30)16-15-19-7-3-2-4-8-19/h2-14,30H,15-17H2,1H3. The molecule has 0 unspecified atom stereocenters. The zero-order valence-corrected chi connectivity index (χ0v) is 17.2. The molecule has 6 nitrogen and oxygen atoms in total. The lowest BCUT2D eigenvalue weighted by atomic mass is 10.1. The first kappa shape index (κ1) is 20.3. The van der Waals surface area contributed by atoms with E-state index in [1.54, 1.807) is 16.7 Å². The predicted octanol–water partition coefficient (Wildman–Crippen LogP) is 5.59. The van der Waals surface area contributed by atoms with Crippen molar-refractivity contribution < 1.29 is 14.6 Å². The van der Waals surface area contributed by atoms with Crippen molar-refractivity contribution in [3.8, 4) is 11.6 Å². The van der Waals surface area contributed by atoms with E-state index in [1.165, 1.54) is 5.56 Å². The Morgan fingerprint density at radius 1 is 0.968 bits per heavy atom. The number of hydrogen-bond donors (Lipinski definition) is 1. The smallest absolute Gasteiger partial charge is 0.302 e. The van der Waals surface area contributed by atoms with Gasteiger partial charge in [0.15, 0.2) is 12.3 Å². The van der Waals surface area contributed by atoms with Crippen LogP contribution in [0.5, 0.6) is 11.6 Å². The molecule has 6 heteroatoms. The van der Waals surface area contributed by atoms with Gasteiger partial charge in [-0.3, -0.25) is 4.79 Å². The van der Waals surface area contributed by atoms with Crippen LogP contribution in [0.3, 0.4) is 0 Å². The molecule has 1 N–H and O–H groups in total. The SMILES string of the molecule is Cc1ccc(OCC(=O)N=Nc2c(O)n(CCc3ccccc3)c3ccccc23)cc1. The minimum Gasteiger partial charge on any atom is -0.493 e. The second-order valence-electron chi connectivity index (χ2n) is 7.27. The Morgan fingerprint density at radius 3 is 2.45 bits per heavy atom. The van der Waals surface area contributed by atoms with E-state index in [2.05, 4.69) is 22.4 Å². The van der Waals surface area contributed by atoms with E-state index < -0.39 is 5.91 Å². The zero-order valence-electron chi connectivity index (χ0n) is 17.2. The van der Waals surface area contributed by atoms with Crippen LogP contribution in [0.15, 0.2) is 89.1 Å². The lowest BCUT2D eigenvalue weighted by Crippen LogP contribution is -2.07. The molecule has 1 aromatic heterocycles. The number of carbonyl (C=O) groups excluding carboxylic acids is 1. The van der Waals surface area contributed by atoms with Gasteiger partial charge in [0.25, 0.3) is 0 Å². The highest BCUT2D eigenvalue weighted by atomic mass is 16.5. The Hall–Kier alpha value is -3.93. The summed E-state index contributed by atoms with van der Waals surface area (Å²) in [4.78, 5) is 12.1. The topological polar surface area (TPSA) is 76.2 Å². The number of nitrogens with zero attached hydrogens (tertiary/aromatic N) is 3. The second-order valence-corrected chi connectivity index (χ2v) is 7.27. The molecule has 0 aliphatic rings. The second kappa shape index (κ2) is 9.26. The molecule has 3 aromatic carbocycles. The quantitative estimate of drug-likeness (QED) is 0.401. The van der Waals surface area contributed by atoms with Gasteiger partial charge in [0.1, 0.15) is 5.75 Å². The lowest BCUT2D eigenvalue weighted by molar-refractivity contribution is -0.120. The van der Waals surface area contributed by atoms with Crippen LogP contribution >= 0.6 is 0 Å². The molecule has 156 valence electrons. The number of aromatic nitrogens is 1. The average molecular weight is 413 g/mol. The van der Waals surface area contributed by atoms with Gasteiger partial charge in [0.05, 0.1) is 5.52 Å². The fraction of sp³-hybridized carbons (Fsp3) is 0.160. The zero-order chi connectivity index (χ0) is 21.6. The third-order valence-electron chi connectivity index (χ3n) is 5.03. The molecule has 0 saturated heterocycles. The summed E-state index contributed by atoms with van der Waals surface area (Å²) in [7, 11) is 0. The molecule has 31 heavy (non-hydrogen) atoms. The van der Waals surface area contributed by atoms with Crippen molar-refractivity contribution in [2.75, 3.05) is 6.61 Å². The maximum absolute atomic E-state index is 12.1. The largest absolute Gasteiger partial charge is 0.493 e. The van der Waals surface area contributed by atoms with Crippen molar-refractivity contribution in [2.45, 2.75) is 19.9 Å². The van der Waals surface area contributed by atoms with Crippen LogP contribution in [0, 0.1) is 6.92 Å². The van der Waals surface area contributed by atoms with Crippen molar-refractivity contribution in [1.82, 2.24) is 4.57 Å². The molecule has 0 atom stereocenters. The summed E-state index contributed by atoms with van der Waals surface area (Å²) in [5.74, 6) is 0.0590. The molecule has 0 saturated carbocycles. The van der Waals surface area contributed by atoms with E-state index in [0.29, 0.717) is 12.3 Å². The van der Waals surface area contributed by atoms with Crippen LogP contribution < -0.4 is 4.74 Å². The lowest BCUT2D eigenvalue weighted by Gasteiger charge is -2.07. The summed E-state index contributed by atoms with van der Waals surface area (Å²) in [5.41, 5.74) is 3.41. The monoisotopic (exact) mass is 413 g/mol. The molecule has 0 spiro atoms. The number of aryl methyl sites for hydroxylation is 3. The summed E-state index contributed by atoms with van der Waals surface area (Å²) in [6.07, 6.45) is 0.757. The highest BCUT2D eigenvalue weighted by Gasteiger charge is 2.16. The minimum atomic E-state index is -0.527. The average Bonchev–Trinajstić information content (AvgIpc) is 3.07. The van der Waals surface area contributed by atoms with Gasteiger partial charge < -0.3 is 14.4 Å². The first-order valence-electron chi connectivity index (χ1n) is 10.1. The molecule has 1 heterocycles. The molecule has 4 aromatic rings. The molecule has 4 rings (SSSR count). The number of carbonyl (C=O) groups is 1. The predicted molar refractivity (Wildman–Crippen MR) is 120 cm³/mol. The molecular formula is C25H23N3O3. The summed E-state index contributed by atoms with van der Waals surface area (Å²) in [6, 6.07) is 25.0. The maximum atomic E-state index is 12.1. The third-order valence-corrected chi connectivity index (χ3v) is 5.03. The van der Waals surface area contributed by atoms with Gasteiger partial charge in [-0.15, -0.1) is 10.2 Å². The Kier molecular flexibility index (Phi) is 6.08. The molecule has 0 fully saturated rings. The summed E-state index contributed by atoms with van der Waals surface area (Å²) in [5, 5.41) is 19.4. The molecule has 0 aliphatic heterocycles. The fourth-order valence-electron chi connectivity index (χ4n) is 3.40. The van der Waals surface area contributed by atoms with E-state index in [1.807, 2.05) is 61.5 Å². The van der Waals surface area contributed by atoms with E-state index in [4.69, 9.17) is 4.74 Å². The van der Waals surface area contributed by atoms with Crippen LogP contribution in [0.2, 0.25) is 0 Å². The number of ether oxygens (including phenoxy) is 1. The number of hydrogen-bond acceptors (Lipinski definition) is 4. The number of para-hydroxylation sites is 1. The van der Waals surface area contributed by atoms with E-state index >= 15 is 0 Å². The van der Waals surface area contributed by atoms with Crippen molar-refractivity contribution in [3.63, 3.8) is 0 Å². The van der Waals surface area contributed by atoms with Crippen LogP contribution in [0.4, 0.5) is 5.69 Å². The Balaban J connectivity index is 1.51. The van der Waals surface area contributed by atoms with Gasteiger partial charge in [-0.1, -0.05) is 66.2 Å². The van der Waals surface area contributed by atoms with Crippen LogP contribution in [0.25, 0.3) is 10.9 Å². The summed E-state index contributed by atoms with van der Waals surface area (Å²) in [6.45, 7) is 2.34. The van der Waals surface area contributed by atoms with Crippen molar-refractivity contribution >= 4 is 22.5 Å². The van der Waals surface area contributed by atoms with Gasteiger partial charge in [0, 0.05) is 11.9 Å². The maximum Gasteiger partial charge on any atom is 0.302 e. The van der Waals surface area contributed by atoms with Crippen molar-refractivity contribution in [2.24, 2.45) is 10.2 Å². The van der Waals surface area contributed by atoms with Crippen LogP contribution in [0.1, 0.15) is 11.1 Å². The summed E-state index contributed by atoms with van der Waals surface area (Å²) >= 11 is 0. The number of benzene rings is 3. The number of azo groups is 1. The highest BCUT2D eigenvalue weighted by molar-refractivity contribution is 5.95. The van der Waals surface area contributed by atoms with Crippen LogP contribution in [-0.2, 0) is 17.8 Å². The Morgan fingerprint density at radius 2 is 1.68 bits per heavy atom. The molecule has 0 aliphatic carbocycles. The van der Waals surface area contributed by atoms with E-state index in [0.717, 1.165) is 22.9 Å². The van der Waals surface area contributed by atoms with Gasteiger partial charge in [-0.2, -0.15) is 0 Å². The molecular weight excluding hydrogens is 390 g/mol.